The summed E-state index contributed by atoms with van der Waals surface area (Å²) in [6.07, 6.45) is 2.44. The van der Waals surface area contributed by atoms with Gasteiger partial charge in [0, 0.05) is 6.42 Å². The molecule has 0 N–H and O–H groups in total. The summed E-state index contributed by atoms with van der Waals surface area (Å²) in [4.78, 5) is 0. The molecule has 1 fully saturated rings. The van der Waals surface area contributed by atoms with Gasteiger partial charge < -0.3 is 18.9 Å². The van der Waals surface area contributed by atoms with Gasteiger partial charge in [0.15, 0.2) is 23.6 Å². The van der Waals surface area contributed by atoms with Crippen LogP contribution in [-0.4, -0.2) is 50.0 Å². The van der Waals surface area contributed by atoms with Crippen molar-refractivity contribution >= 4 is 6.40 Å². The van der Waals surface area contributed by atoms with Crippen LogP contribution < -0.4 is 14.2 Å². The van der Waals surface area contributed by atoms with Crippen molar-refractivity contribution in [2.24, 2.45) is 5.92 Å². The van der Waals surface area contributed by atoms with Crippen molar-refractivity contribution in [2.75, 3.05) is 27.3 Å². The van der Waals surface area contributed by atoms with Crippen molar-refractivity contribution in [1.29, 1.82) is 5.26 Å². The minimum Gasteiger partial charge on any atom is -0.493 e. The van der Waals surface area contributed by atoms with E-state index in [9.17, 15) is 5.26 Å². The third-order valence-corrected chi connectivity index (χ3v) is 6.99. The fraction of sp³-hybridized carbons (Fsp3) is 0.417. The lowest BCUT2D eigenvalue weighted by molar-refractivity contribution is -0.518. The van der Waals surface area contributed by atoms with Crippen molar-refractivity contribution in [3.63, 3.8) is 0 Å². The highest BCUT2D eigenvalue weighted by molar-refractivity contribution is 5.55. The predicted octanol–water partition coefficient (Wildman–Crippen LogP) is 2.93. The highest BCUT2D eigenvalue weighted by atomic mass is 16.6. The van der Waals surface area contributed by atoms with Crippen LogP contribution in [0, 0.1) is 17.2 Å². The Labute approximate surface area is 176 Å². The summed E-state index contributed by atoms with van der Waals surface area (Å²) in [5.41, 5.74) is 1.30. The minimum atomic E-state index is -0.645. The molecule has 0 saturated heterocycles. The molecule has 1 aliphatic carbocycles. The zero-order chi connectivity index (χ0) is 20.9. The van der Waals surface area contributed by atoms with Crippen molar-refractivity contribution < 1.29 is 23.5 Å². The number of hydrogen-bond donors (Lipinski definition) is 0. The highest BCUT2D eigenvalue weighted by Gasteiger charge is 2.84. The Kier molecular flexibility index (Phi) is 4.18. The summed E-state index contributed by atoms with van der Waals surface area (Å²) < 4.78 is 25.4. The van der Waals surface area contributed by atoms with E-state index >= 15 is 0 Å². The van der Waals surface area contributed by atoms with Crippen LogP contribution in [0.15, 0.2) is 42.5 Å². The lowest BCUT2D eigenvalue weighted by Gasteiger charge is -2.24. The van der Waals surface area contributed by atoms with Crippen molar-refractivity contribution in [3.05, 3.63) is 53.6 Å². The number of ether oxygens (including phenoxy) is 4. The molecule has 2 aromatic carbocycles. The van der Waals surface area contributed by atoms with Gasteiger partial charge in [-0.2, -0.15) is 5.26 Å². The van der Waals surface area contributed by atoms with E-state index < -0.39 is 5.60 Å². The quantitative estimate of drug-likeness (QED) is 0.692. The zero-order valence-electron chi connectivity index (χ0n) is 17.4. The molecule has 6 nitrogen and oxygen atoms in total. The summed E-state index contributed by atoms with van der Waals surface area (Å²) in [6.45, 7) is 3.62. The molecule has 2 aromatic rings. The zero-order valence-corrected chi connectivity index (χ0v) is 17.4. The molecule has 0 aromatic heterocycles. The summed E-state index contributed by atoms with van der Waals surface area (Å²) >= 11 is 0. The second-order valence-corrected chi connectivity index (χ2v) is 8.35. The Balaban J connectivity index is 1.30. The Bertz CT molecular complexity index is 1060. The van der Waals surface area contributed by atoms with Gasteiger partial charge in [-0.1, -0.05) is 25.1 Å². The monoisotopic (exact) mass is 405 g/mol. The van der Waals surface area contributed by atoms with Crippen LogP contribution in [0.2, 0.25) is 0 Å². The molecule has 0 radical (unpaired) electrons. The molecule has 1 saturated carbocycles. The van der Waals surface area contributed by atoms with E-state index in [1.165, 1.54) is 0 Å². The number of rotatable bonds is 6. The van der Waals surface area contributed by atoms with Crippen LogP contribution in [-0.2, 0) is 16.6 Å². The van der Waals surface area contributed by atoms with Gasteiger partial charge in [0.05, 0.1) is 25.7 Å². The van der Waals surface area contributed by atoms with Gasteiger partial charge in [-0.25, -0.2) is 4.58 Å². The average Bonchev–Trinajstić information content (AvgIpc) is 3.09. The first kappa shape index (κ1) is 18.8. The SMILES string of the molecule is COc1ccc(CC[N+]2=COC(C34Oc5ccc(cc5)C3(C)C4C#N)C2)cc1OC. The molecular formula is C24H25N2O4+. The predicted molar refractivity (Wildman–Crippen MR) is 110 cm³/mol. The molecule has 4 aliphatic rings. The van der Waals surface area contributed by atoms with E-state index in [-0.39, 0.29) is 17.4 Å². The van der Waals surface area contributed by atoms with Crippen molar-refractivity contribution in [1.82, 2.24) is 0 Å². The number of methoxy groups -OCH3 is 2. The van der Waals surface area contributed by atoms with Crippen LogP contribution >= 0.6 is 0 Å². The molecule has 0 spiro atoms. The third kappa shape index (κ3) is 2.44. The first-order valence-corrected chi connectivity index (χ1v) is 10.2. The van der Waals surface area contributed by atoms with Gasteiger partial charge in [-0.3, -0.25) is 0 Å². The smallest absolute Gasteiger partial charge is 0.324 e. The lowest BCUT2D eigenvalue weighted by Crippen LogP contribution is -2.43. The maximum absolute atomic E-state index is 9.86. The molecule has 30 heavy (non-hydrogen) atoms. The summed E-state index contributed by atoms with van der Waals surface area (Å²) in [5.74, 6) is 2.03. The largest absolute Gasteiger partial charge is 0.493 e. The average molecular weight is 405 g/mol. The first-order chi connectivity index (χ1) is 14.6. The molecular weight excluding hydrogens is 380 g/mol. The molecule has 0 amide bonds. The van der Waals surface area contributed by atoms with E-state index in [2.05, 4.69) is 35.8 Å². The maximum atomic E-state index is 9.86. The third-order valence-electron chi connectivity index (χ3n) is 6.99. The second kappa shape index (κ2) is 6.66. The van der Waals surface area contributed by atoms with Crippen LogP contribution in [0.3, 0.4) is 0 Å². The van der Waals surface area contributed by atoms with Gasteiger partial charge in [0.1, 0.15) is 18.2 Å². The molecule has 3 heterocycles. The van der Waals surface area contributed by atoms with Crippen LogP contribution in [0.1, 0.15) is 18.1 Å². The van der Waals surface area contributed by atoms with E-state index in [0.29, 0.717) is 6.54 Å². The fourth-order valence-electron chi connectivity index (χ4n) is 5.19. The summed E-state index contributed by atoms with van der Waals surface area (Å²) in [6, 6.07) is 16.6. The summed E-state index contributed by atoms with van der Waals surface area (Å²) in [5, 5.41) is 9.86. The number of benzene rings is 2. The summed E-state index contributed by atoms with van der Waals surface area (Å²) in [7, 11) is 3.28. The van der Waals surface area contributed by atoms with E-state index in [1.807, 2.05) is 24.3 Å². The molecule has 154 valence electrons. The van der Waals surface area contributed by atoms with Crippen LogP contribution in [0.5, 0.6) is 17.2 Å². The molecule has 4 atom stereocenters. The minimum absolute atomic E-state index is 0.192. The van der Waals surface area contributed by atoms with Gasteiger partial charge in [0.2, 0.25) is 6.10 Å². The number of fused-ring (bicyclic) bond motifs is 2. The van der Waals surface area contributed by atoms with Gasteiger partial charge in [-0.15, -0.1) is 0 Å². The van der Waals surface area contributed by atoms with E-state index in [4.69, 9.17) is 18.9 Å². The second-order valence-electron chi connectivity index (χ2n) is 8.35. The number of nitriles is 1. The van der Waals surface area contributed by atoms with Gasteiger partial charge >= 0.3 is 6.40 Å². The Morgan fingerprint density at radius 2 is 1.90 bits per heavy atom. The van der Waals surface area contributed by atoms with E-state index in [0.717, 1.165) is 41.3 Å². The fourth-order valence-corrected chi connectivity index (χ4v) is 5.19. The van der Waals surface area contributed by atoms with Crippen LogP contribution in [0.25, 0.3) is 0 Å². The molecule has 3 aliphatic heterocycles. The van der Waals surface area contributed by atoms with Crippen molar-refractivity contribution in [2.45, 2.75) is 30.5 Å². The number of nitrogens with zero attached hydrogens (tertiary/aromatic N) is 2. The van der Waals surface area contributed by atoms with Crippen LogP contribution in [0.4, 0.5) is 0 Å². The normalized spacial score (nSPS) is 30.3. The number of hydrogen-bond acceptors (Lipinski definition) is 5. The molecule has 6 rings (SSSR count). The topological polar surface area (TPSA) is 63.7 Å². The van der Waals surface area contributed by atoms with Gasteiger partial charge in [0.25, 0.3) is 0 Å². The Morgan fingerprint density at radius 1 is 1.13 bits per heavy atom. The van der Waals surface area contributed by atoms with E-state index in [1.54, 1.807) is 20.6 Å². The lowest BCUT2D eigenvalue weighted by atomic mass is 9.92. The van der Waals surface area contributed by atoms with Crippen molar-refractivity contribution in [3.8, 4) is 23.3 Å². The highest BCUT2D eigenvalue weighted by Crippen LogP contribution is 2.68. The molecule has 4 unspecified atom stereocenters. The molecule has 2 bridgehead atoms. The van der Waals surface area contributed by atoms with Gasteiger partial charge in [-0.05, 0) is 35.4 Å². The Hall–Kier alpha value is -3.20. The maximum Gasteiger partial charge on any atom is 0.324 e. The Morgan fingerprint density at radius 3 is 2.60 bits per heavy atom. The first-order valence-electron chi connectivity index (χ1n) is 10.2. The molecule has 6 heteroatoms. The standard InChI is InChI=1S/C24H25N2O4/c1-23-17-5-7-18(8-6-17)30-24(23,21(23)13-25)22-14-26(15-29-22)11-10-16-4-9-19(27-2)20(12-16)28-3/h4-9,12,15,21-22H,10-11,14H2,1-3H3/q+1.